The maximum atomic E-state index is 12.4. The first kappa shape index (κ1) is 19.2. The number of hydrogen-bond donors (Lipinski definition) is 1. The average molecular weight is 386 g/mol. The standard InChI is InChI=1S/C19H18N2O7/c1-12(18(22)20-14-5-2-3-6-15(14)21(24)25)28-19(23)13-7-8-16-17(11-13)27-10-4-9-26-16/h2-3,5-8,11-12H,4,9-10H2,1H3,(H,20,22). The van der Waals surface area contributed by atoms with Crippen molar-refractivity contribution in [2.75, 3.05) is 18.5 Å². The number of nitrogens with zero attached hydrogens (tertiary/aromatic N) is 1. The summed E-state index contributed by atoms with van der Waals surface area (Å²) in [4.78, 5) is 35.0. The van der Waals surface area contributed by atoms with Crippen molar-refractivity contribution in [3.63, 3.8) is 0 Å². The highest BCUT2D eigenvalue weighted by atomic mass is 16.6. The van der Waals surface area contributed by atoms with E-state index in [0.717, 1.165) is 6.42 Å². The summed E-state index contributed by atoms with van der Waals surface area (Å²) in [6.07, 6.45) is -0.430. The molecule has 0 saturated heterocycles. The zero-order chi connectivity index (χ0) is 20.1. The highest BCUT2D eigenvalue weighted by Crippen LogP contribution is 2.30. The van der Waals surface area contributed by atoms with Crippen LogP contribution in [0.4, 0.5) is 11.4 Å². The van der Waals surface area contributed by atoms with Gasteiger partial charge in [0.05, 0.1) is 23.7 Å². The van der Waals surface area contributed by atoms with E-state index in [-0.39, 0.29) is 16.9 Å². The third-order valence-electron chi connectivity index (χ3n) is 3.99. The van der Waals surface area contributed by atoms with Gasteiger partial charge in [0, 0.05) is 12.5 Å². The quantitative estimate of drug-likeness (QED) is 0.477. The number of amides is 1. The molecular weight excluding hydrogens is 368 g/mol. The zero-order valence-electron chi connectivity index (χ0n) is 15.0. The molecule has 9 nitrogen and oxygen atoms in total. The number of ether oxygens (including phenoxy) is 3. The SMILES string of the molecule is CC(OC(=O)c1ccc2c(c1)OCCCO2)C(=O)Nc1ccccc1[N+](=O)[O-]. The predicted molar refractivity (Wildman–Crippen MR) is 98.7 cm³/mol. The molecule has 1 atom stereocenters. The van der Waals surface area contributed by atoms with Gasteiger partial charge in [0.1, 0.15) is 5.69 Å². The van der Waals surface area contributed by atoms with Crippen LogP contribution in [0.5, 0.6) is 11.5 Å². The third-order valence-corrected chi connectivity index (χ3v) is 3.99. The molecule has 0 radical (unpaired) electrons. The molecular formula is C19H18N2O7. The van der Waals surface area contributed by atoms with E-state index in [9.17, 15) is 19.7 Å². The van der Waals surface area contributed by atoms with Gasteiger partial charge in [0.2, 0.25) is 0 Å². The Morgan fingerprint density at radius 2 is 1.86 bits per heavy atom. The van der Waals surface area contributed by atoms with E-state index in [1.165, 1.54) is 37.3 Å². The number of carbonyl (C=O) groups excluding carboxylic acids is 2. The van der Waals surface area contributed by atoms with Crippen LogP contribution in [0.1, 0.15) is 23.7 Å². The number of anilines is 1. The van der Waals surface area contributed by atoms with E-state index in [4.69, 9.17) is 14.2 Å². The van der Waals surface area contributed by atoms with Gasteiger partial charge in [0.15, 0.2) is 17.6 Å². The van der Waals surface area contributed by atoms with Gasteiger partial charge in [-0.25, -0.2) is 4.79 Å². The van der Waals surface area contributed by atoms with Crippen molar-refractivity contribution in [2.45, 2.75) is 19.4 Å². The van der Waals surface area contributed by atoms with Gasteiger partial charge in [-0.1, -0.05) is 12.1 Å². The van der Waals surface area contributed by atoms with Crippen molar-refractivity contribution in [1.29, 1.82) is 0 Å². The van der Waals surface area contributed by atoms with Crippen LogP contribution in [0.25, 0.3) is 0 Å². The average Bonchev–Trinajstić information content (AvgIpc) is 2.92. The minimum atomic E-state index is -1.16. The second-order valence-corrected chi connectivity index (χ2v) is 6.02. The van der Waals surface area contributed by atoms with Crippen LogP contribution in [0, 0.1) is 10.1 Å². The Bertz CT molecular complexity index is 913. The van der Waals surface area contributed by atoms with Crippen LogP contribution >= 0.6 is 0 Å². The molecule has 3 rings (SSSR count). The highest BCUT2D eigenvalue weighted by molar-refractivity contribution is 5.98. The largest absolute Gasteiger partial charge is 0.490 e. The summed E-state index contributed by atoms with van der Waals surface area (Å²) in [6, 6.07) is 10.3. The van der Waals surface area contributed by atoms with E-state index < -0.39 is 22.9 Å². The Kier molecular flexibility index (Phi) is 5.73. The van der Waals surface area contributed by atoms with Gasteiger partial charge in [0.25, 0.3) is 11.6 Å². The van der Waals surface area contributed by atoms with E-state index >= 15 is 0 Å². The molecule has 0 fully saturated rings. The number of benzene rings is 2. The lowest BCUT2D eigenvalue weighted by Crippen LogP contribution is -2.30. The summed E-state index contributed by atoms with van der Waals surface area (Å²) in [5, 5.41) is 13.4. The summed E-state index contributed by atoms with van der Waals surface area (Å²) in [6.45, 7) is 2.38. The lowest BCUT2D eigenvalue weighted by Gasteiger charge is -2.14. The van der Waals surface area contributed by atoms with Crippen molar-refractivity contribution in [2.24, 2.45) is 0 Å². The molecule has 2 aromatic carbocycles. The molecule has 28 heavy (non-hydrogen) atoms. The van der Waals surface area contributed by atoms with Crippen LogP contribution in [-0.4, -0.2) is 36.1 Å². The van der Waals surface area contributed by atoms with E-state index in [2.05, 4.69) is 5.32 Å². The van der Waals surface area contributed by atoms with E-state index in [1.807, 2.05) is 0 Å². The fraction of sp³-hybridized carbons (Fsp3) is 0.263. The number of hydrogen-bond acceptors (Lipinski definition) is 7. The van der Waals surface area contributed by atoms with Crippen LogP contribution in [-0.2, 0) is 9.53 Å². The number of esters is 1. The van der Waals surface area contributed by atoms with Crippen LogP contribution in [0.2, 0.25) is 0 Å². The molecule has 1 unspecified atom stereocenters. The molecule has 2 aromatic rings. The first-order valence-electron chi connectivity index (χ1n) is 8.60. The molecule has 146 valence electrons. The predicted octanol–water partition coefficient (Wildman–Crippen LogP) is 2.94. The molecule has 0 aliphatic carbocycles. The number of fused-ring (bicyclic) bond motifs is 1. The first-order chi connectivity index (χ1) is 13.5. The smallest absolute Gasteiger partial charge is 0.339 e. The zero-order valence-corrected chi connectivity index (χ0v) is 15.0. The summed E-state index contributed by atoms with van der Waals surface area (Å²) in [5.41, 5.74) is -0.0251. The molecule has 0 spiro atoms. The molecule has 1 N–H and O–H groups in total. The molecule has 0 aromatic heterocycles. The number of rotatable bonds is 5. The third kappa shape index (κ3) is 4.37. The summed E-state index contributed by atoms with van der Waals surface area (Å²) in [7, 11) is 0. The summed E-state index contributed by atoms with van der Waals surface area (Å²) >= 11 is 0. The Morgan fingerprint density at radius 1 is 1.14 bits per heavy atom. The molecule has 1 aliphatic rings. The van der Waals surface area contributed by atoms with Gasteiger partial charge in [-0.3, -0.25) is 14.9 Å². The number of para-hydroxylation sites is 2. The maximum Gasteiger partial charge on any atom is 0.339 e. The Labute approximate surface area is 160 Å². The minimum Gasteiger partial charge on any atom is -0.490 e. The number of nitrogens with one attached hydrogen (secondary N) is 1. The van der Waals surface area contributed by atoms with Crippen molar-refractivity contribution in [3.8, 4) is 11.5 Å². The van der Waals surface area contributed by atoms with Crippen LogP contribution < -0.4 is 14.8 Å². The van der Waals surface area contributed by atoms with Crippen molar-refractivity contribution in [1.82, 2.24) is 0 Å². The Morgan fingerprint density at radius 3 is 2.61 bits per heavy atom. The van der Waals surface area contributed by atoms with Gasteiger partial charge >= 0.3 is 5.97 Å². The number of nitro groups is 1. The number of carbonyl (C=O) groups is 2. The normalized spacial score (nSPS) is 13.8. The molecule has 1 amide bonds. The molecule has 0 saturated carbocycles. The Hall–Kier alpha value is -3.62. The van der Waals surface area contributed by atoms with Crippen molar-refractivity contribution in [3.05, 3.63) is 58.1 Å². The molecule has 1 heterocycles. The minimum absolute atomic E-state index is 0.0241. The van der Waals surface area contributed by atoms with Gasteiger partial charge in [-0.15, -0.1) is 0 Å². The fourth-order valence-corrected chi connectivity index (χ4v) is 2.55. The van der Waals surface area contributed by atoms with Crippen molar-refractivity contribution < 1.29 is 28.7 Å². The number of nitro benzene ring substituents is 1. The second kappa shape index (κ2) is 8.38. The Balaban J connectivity index is 1.66. The summed E-state index contributed by atoms with van der Waals surface area (Å²) in [5.74, 6) is -0.432. The van der Waals surface area contributed by atoms with Crippen LogP contribution in [0.15, 0.2) is 42.5 Å². The van der Waals surface area contributed by atoms with E-state index in [0.29, 0.717) is 24.7 Å². The highest BCUT2D eigenvalue weighted by Gasteiger charge is 2.23. The molecule has 0 bridgehead atoms. The second-order valence-electron chi connectivity index (χ2n) is 6.02. The molecule has 1 aliphatic heterocycles. The van der Waals surface area contributed by atoms with Crippen molar-refractivity contribution >= 4 is 23.3 Å². The topological polar surface area (TPSA) is 117 Å². The lowest BCUT2D eigenvalue weighted by molar-refractivity contribution is -0.383. The summed E-state index contributed by atoms with van der Waals surface area (Å²) < 4.78 is 16.2. The van der Waals surface area contributed by atoms with Gasteiger partial charge in [-0.2, -0.15) is 0 Å². The first-order valence-corrected chi connectivity index (χ1v) is 8.60. The van der Waals surface area contributed by atoms with E-state index in [1.54, 1.807) is 12.1 Å². The van der Waals surface area contributed by atoms with Gasteiger partial charge in [-0.05, 0) is 31.2 Å². The fourth-order valence-electron chi connectivity index (χ4n) is 2.55. The van der Waals surface area contributed by atoms with Gasteiger partial charge < -0.3 is 19.5 Å². The molecule has 9 heteroatoms. The monoisotopic (exact) mass is 386 g/mol. The lowest BCUT2D eigenvalue weighted by atomic mass is 10.2. The maximum absolute atomic E-state index is 12.4. The van der Waals surface area contributed by atoms with Crippen LogP contribution in [0.3, 0.4) is 0 Å².